The van der Waals surface area contributed by atoms with E-state index in [4.69, 9.17) is 0 Å². The Hall–Kier alpha value is -1.63. The SMILES string of the molecule is COC(=O)CCNc1nc(C(=O)OC)c(C)s1. The fourth-order valence-corrected chi connectivity index (χ4v) is 1.96. The zero-order valence-corrected chi connectivity index (χ0v) is 10.7. The first kappa shape index (κ1) is 13.4. The van der Waals surface area contributed by atoms with Crippen molar-refractivity contribution in [3.05, 3.63) is 10.6 Å². The molecule has 1 rings (SSSR count). The van der Waals surface area contributed by atoms with Crippen molar-refractivity contribution >= 4 is 28.4 Å². The van der Waals surface area contributed by atoms with Gasteiger partial charge in [0.1, 0.15) is 0 Å². The lowest BCUT2D eigenvalue weighted by atomic mass is 10.4. The van der Waals surface area contributed by atoms with Crippen molar-refractivity contribution in [1.82, 2.24) is 4.98 Å². The standard InChI is InChI=1S/C10H14N2O4S/c1-6-8(9(14)16-3)12-10(17-6)11-5-4-7(13)15-2/h4-5H2,1-3H3,(H,11,12). The van der Waals surface area contributed by atoms with E-state index >= 15 is 0 Å². The van der Waals surface area contributed by atoms with E-state index in [0.29, 0.717) is 17.4 Å². The Morgan fingerprint density at radius 3 is 2.65 bits per heavy atom. The van der Waals surface area contributed by atoms with Crippen molar-refractivity contribution < 1.29 is 19.1 Å². The van der Waals surface area contributed by atoms with Gasteiger partial charge in [-0.2, -0.15) is 0 Å². The van der Waals surface area contributed by atoms with Crippen LogP contribution >= 0.6 is 11.3 Å². The van der Waals surface area contributed by atoms with Crippen LogP contribution in [0.3, 0.4) is 0 Å². The van der Waals surface area contributed by atoms with Gasteiger partial charge in [-0.15, -0.1) is 11.3 Å². The Morgan fingerprint density at radius 2 is 2.06 bits per heavy atom. The van der Waals surface area contributed by atoms with Crippen LogP contribution < -0.4 is 5.32 Å². The number of hydrogen-bond donors (Lipinski definition) is 1. The van der Waals surface area contributed by atoms with E-state index in [-0.39, 0.29) is 12.4 Å². The molecule has 0 saturated carbocycles. The number of rotatable bonds is 5. The summed E-state index contributed by atoms with van der Waals surface area (Å²) in [6.45, 7) is 2.20. The predicted octanol–water partition coefficient (Wildman–Crippen LogP) is 1.21. The van der Waals surface area contributed by atoms with Gasteiger partial charge in [-0.3, -0.25) is 4.79 Å². The first-order valence-electron chi connectivity index (χ1n) is 4.95. The Bertz CT molecular complexity index is 416. The van der Waals surface area contributed by atoms with Gasteiger partial charge in [0.15, 0.2) is 10.8 Å². The Kier molecular flexibility index (Phi) is 4.89. The molecule has 17 heavy (non-hydrogen) atoms. The molecule has 1 aromatic rings. The summed E-state index contributed by atoms with van der Waals surface area (Å²) in [5, 5.41) is 3.54. The Morgan fingerprint density at radius 1 is 1.35 bits per heavy atom. The molecule has 0 radical (unpaired) electrons. The molecule has 1 heterocycles. The molecule has 0 unspecified atom stereocenters. The first-order valence-corrected chi connectivity index (χ1v) is 5.76. The van der Waals surface area contributed by atoms with E-state index in [0.717, 1.165) is 4.88 Å². The van der Waals surface area contributed by atoms with E-state index in [1.807, 2.05) is 0 Å². The summed E-state index contributed by atoms with van der Waals surface area (Å²) in [5.74, 6) is -0.751. The summed E-state index contributed by atoms with van der Waals surface area (Å²) in [6, 6.07) is 0. The third kappa shape index (κ3) is 3.70. The van der Waals surface area contributed by atoms with Crippen molar-refractivity contribution in [2.24, 2.45) is 0 Å². The molecule has 1 N–H and O–H groups in total. The second-order valence-electron chi connectivity index (χ2n) is 3.17. The molecule has 94 valence electrons. The van der Waals surface area contributed by atoms with Crippen molar-refractivity contribution in [2.45, 2.75) is 13.3 Å². The maximum atomic E-state index is 11.3. The van der Waals surface area contributed by atoms with Crippen LogP contribution in [0, 0.1) is 6.92 Å². The average Bonchev–Trinajstić information content (AvgIpc) is 2.69. The highest BCUT2D eigenvalue weighted by molar-refractivity contribution is 7.15. The van der Waals surface area contributed by atoms with Crippen LogP contribution in [0.2, 0.25) is 0 Å². The molecule has 0 aliphatic carbocycles. The van der Waals surface area contributed by atoms with Crippen molar-refractivity contribution in [1.29, 1.82) is 0 Å². The van der Waals surface area contributed by atoms with E-state index < -0.39 is 5.97 Å². The van der Waals surface area contributed by atoms with Gasteiger partial charge in [0.25, 0.3) is 0 Å². The molecule has 0 spiro atoms. The molecule has 0 aliphatic rings. The fourth-order valence-electron chi connectivity index (χ4n) is 1.13. The van der Waals surface area contributed by atoms with Crippen LogP contribution in [0.5, 0.6) is 0 Å². The van der Waals surface area contributed by atoms with Crippen LogP contribution in [0.15, 0.2) is 0 Å². The van der Waals surface area contributed by atoms with E-state index in [2.05, 4.69) is 19.8 Å². The number of carbonyl (C=O) groups excluding carboxylic acids is 2. The van der Waals surface area contributed by atoms with Crippen LogP contribution in [0.4, 0.5) is 5.13 Å². The molecule has 0 fully saturated rings. The largest absolute Gasteiger partial charge is 0.469 e. The number of esters is 2. The monoisotopic (exact) mass is 258 g/mol. The number of aromatic nitrogens is 1. The topological polar surface area (TPSA) is 77.5 Å². The predicted molar refractivity (Wildman–Crippen MR) is 63.3 cm³/mol. The van der Waals surface area contributed by atoms with E-state index in [1.54, 1.807) is 6.92 Å². The zero-order chi connectivity index (χ0) is 12.8. The van der Waals surface area contributed by atoms with Gasteiger partial charge in [-0.25, -0.2) is 9.78 Å². The number of hydrogen-bond acceptors (Lipinski definition) is 7. The summed E-state index contributed by atoms with van der Waals surface area (Å²) in [5.41, 5.74) is 0.304. The number of nitrogens with one attached hydrogen (secondary N) is 1. The third-order valence-electron chi connectivity index (χ3n) is 2.01. The molecule has 0 saturated heterocycles. The maximum Gasteiger partial charge on any atom is 0.357 e. The van der Waals surface area contributed by atoms with Gasteiger partial charge in [0.05, 0.1) is 20.6 Å². The lowest BCUT2D eigenvalue weighted by Gasteiger charge is -2.00. The molecule has 0 bridgehead atoms. The van der Waals surface area contributed by atoms with Gasteiger partial charge in [0, 0.05) is 11.4 Å². The highest BCUT2D eigenvalue weighted by Gasteiger charge is 2.15. The molecule has 6 nitrogen and oxygen atoms in total. The number of anilines is 1. The second-order valence-corrected chi connectivity index (χ2v) is 4.37. The lowest BCUT2D eigenvalue weighted by Crippen LogP contribution is -2.10. The number of thiazole rings is 1. The van der Waals surface area contributed by atoms with E-state index in [1.165, 1.54) is 25.6 Å². The summed E-state index contributed by atoms with van der Waals surface area (Å²) >= 11 is 1.34. The molecule has 1 aromatic heterocycles. The van der Waals surface area contributed by atoms with Gasteiger partial charge in [0.2, 0.25) is 0 Å². The normalized spacial score (nSPS) is 9.82. The minimum Gasteiger partial charge on any atom is -0.469 e. The van der Waals surface area contributed by atoms with Crippen LogP contribution in [-0.2, 0) is 14.3 Å². The van der Waals surface area contributed by atoms with Gasteiger partial charge >= 0.3 is 11.9 Å². The summed E-state index contributed by atoms with van der Waals surface area (Å²) in [6.07, 6.45) is 0.253. The quantitative estimate of drug-likeness (QED) is 0.800. The highest BCUT2D eigenvalue weighted by Crippen LogP contribution is 2.22. The van der Waals surface area contributed by atoms with Crippen molar-refractivity contribution in [3.8, 4) is 0 Å². The lowest BCUT2D eigenvalue weighted by molar-refractivity contribution is -0.140. The fraction of sp³-hybridized carbons (Fsp3) is 0.500. The summed E-state index contributed by atoms with van der Waals surface area (Å²) < 4.78 is 9.10. The number of methoxy groups -OCH3 is 2. The maximum absolute atomic E-state index is 11.3. The van der Waals surface area contributed by atoms with E-state index in [9.17, 15) is 9.59 Å². The molecule has 0 aliphatic heterocycles. The smallest absolute Gasteiger partial charge is 0.357 e. The van der Waals surface area contributed by atoms with Gasteiger partial charge < -0.3 is 14.8 Å². The summed E-state index contributed by atoms with van der Waals surface area (Å²) in [4.78, 5) is 27.0. The van der Waals surface area contributed by atoms with Crippen LogP contribution in [0.25, 0.3) is 0 Å². The number of aryl methyl sites for hydroxylation is 1. The van der Waals surface area contributed by atoms with Crippen molar-refractivity contribution in [3.63, 3.8) is 0 Å². The first-order chi connectivity index (χ1) is 8.08. The average molecular weight is 258 g/mol. The second kappa shape index (κ2) is 6.19. The molecule has 7 heteroatoms. The number of ether oxygens (including phenoxy) is 2. The molecule has 0 amide bonds. The molecule has 0 aromatic carbocycles. The number of nitrogens with zero attached hydrogens (tertiary/aromatic N) is 1. The molecule has 0 atom stereocenters. The van der Waals surface area contributed by atoms with Gasteiger partial charge in [-0.1, -0.05) is 0 Å². The molecular formula is C10H14N2O4S. The zero-order valence-electron chi connectivity index (χ0n) is 9.90. The van der Waals surface area contributed by atoms with Gasteiger partial charge in [-0.05, 0) is 6.92 Å². The van der Waals surface area contributed by atoms with Crippen molar-refractivity contribution in [2.75, 3.05) is 26.1 Å². The Labute approximate surface area is 103 Å². The number of carbonyl (C=O) groups is 2. The summed E-state index contributed by atoms with van der Waals surface area (Å²) in [7, 11) is 2.65. The third-order valence-corrected chi connectivity index (χ3v) is 2.94. The highest BCUT2D eigenvalue weighted by atomic mass is 32.1. The minimum absolute atomic E-state index is 0.253. The minimum atomic E-state index is -0.459. The van der Waals surface area contributed by atoms with Crippen LogP contribution in [0.1, 0.15) is 21.8 Å². The molecular weight excluding hydrogens is 244 g/mol. The van der Waals surface area contributed by atoms with Crippen LogP contribution in [-0.4, -0.2) is 37.7 Å². The Balaban J connectivity index is 2.56.